The number of ether oxygens (including phenoxy) is 3. The summed E-state index contributed by atoms with van der Waals surface area (Å²) in [5, 5.41) is 14.1. The van der Waals surface area contributed by atoms with Crippen LogP contribution in [-0.2, 0) is 22.3 Å². The number of nitrogens with one attached hydrogen (secondary N) is 1. The average molecular weight is 548 g/mol. The van der Waals surface area contributed by atoms with E-state index in [2.05, 4.69) is 5.32 Å². The second kappa shape index (κ2) is 11.0. The van der Waals surface area contributed by atoms with Crippen molar-refractivity contribution in [2.75, 3.05) is 6.79 Å². The molecule has 0 saturated carbocycles. The number of nitro groups is 1. The van der Waals surface area contributed by atoms with Crippen LogP contribution in [-0.4, -0.2) is 29.7 Å². The maximum absolute atomic E-state index is 13.0. The molecular formula is C25H19F3N2O7S. The van der Waals surface area contributed by atoms with E-state index in [1.165, 1.54) is 25.1 Å². The first-order chi connectivity index (χ1) is 18.0. The molecule has 1 atom stereocenters. The molecule has 1 aliphatic rings. The molecule has 0 aliphatic carbocycles. The molecule has 1 N–H and O–H groups in total. The van der Waals surface area contributed by atoms with E-state index in [0.29, 0.717) is 17.6 Å². The molecule has 1 unspecified atom stereocenters. The first-order valence-corrected chi connectivity index (χ1v) is 11.8. The molecule has 3 aromatic carbocycles. The third-order valence-electron chi connectivity index (χ3n) is 5.37. The summed E-state index contributed by atoms with van der Waals surface area (Å²) in [4.78, 5) is 36.0. The Kier molecular flexibility index (Phi) is 7.76. The van der Waals surface area contributed by atoms with E-state index >= 15 is 0 Å². The van der Waals surface area contributed by atoms with Crippen molar-refractivity contribution in [2.24, 2.45) is 0 Å². The highest BCUT2D eigenvalue weighted by Gasteiger charge is 2.33. The number of hydrogen-bond acceptors (Lipinski definition) is 8. The number of carbonyl (C=O) groups is 2. The van der Waals surface area contributed by atoms with Crippen molar-refractivity contribution < 1.29 is 41.9 Å². The number of fused-ring (bicyclic) bond motifs is 1. The van der Waals surface area contributed by atoms with Gasteiger partial charge in [-0.3, -0.25) is 14.9 Å². The molecule has 38 heavy (non-hydrogen) atoms. The fourth-order valence-electron chi connectivity index (χ4n) is 3.43. The van der Waals surface area contributed by atoms with Gasteiger partial charge in [0.1, 0.15) is 0 Å². The van der Waals surface area contributed by atoms with Gasteiger partial charge in [-0.1, -0.05) is 30.0 Å². The minimum Gasteiger partial charge on any atom is -0.454 e. The zero-order valence-corrected chi connectivity index (χ0v) is 20.4. The van der Waals surface area contributed by atoms with Gasteiger partial charge in [-0.2, -0.15) is 13.2 Å². The average Bonchev–Trinajstić information content (AvgIpc) is 3.35. The van der Waals surface area contributed by atoms with Crippen LogP contribution < -0.4 is 14.8 Å². The standard InChI is InChI=1S/C25H19F3N2O7S/c1-14(23(31)29-12-15-6-8-19-20(10-15)36-13-35-19)37-24(32)17-4-2-3-5-21(17)38-22-9-7-16(25(26,27)28)11-18(22)30(33)34/h2-11,14H,12-13H2,1H3,(H,29,31). The zero-order valence-electron chi connectivity index (χ0n) is 19.6. The largest absolute Gasteiger partial charge is 0.454 e. The van der Waals surface area contributed by atoms with Crippen LogP contribution in [0.1, 0.15) is 28.4 Å². The van der Waals surface area contributed by atoms with Crippen LogP contribution in [0.3, 0.4) is 0 Å². The van der Waals surface area contributed by atoms with E-state index in [1.54, 1.807) is 24.3 Å². The number of esters is 1. The number of benzene rings is 3. The third kappa shape index (κ3) is 6.17. The lowest BCUT2D eigenvalue weighted by Crippen LogP contribution is -2.35. The van der Waals surface area contributed by atoms with E-state index in [-0.39, 0.29) is 28.7 Å². The van der Waals surface area contributed by atoms with Gasteiger partial charge < -0.3 is 19.5 Å². The van der Waals surface area contributed by atoms with Crippen LogP contribution in [0.2, 0.25) is 0 Å². The van der Waals surface area contributed by atoms with Gasteiger partial charge in [0.05, 0.1) is 20.9 Å². The molecule has 0 radical (unpaired) electrons. The topological polar surface area (TPSA) is 117 Å². The van der Waals surface area contributed by atoms with Gasteiger partial charge in [-0.05, 0) is 48.9 Å². The molecule has 13 heteroatoms. The van der Waals surface area contributed by atoms with Gasteiger partial charge in [0, 0.05) is 17.5 Å². The Balaban J connectivity index is 1.44. The quantitative estimate of drug-likeness (QED) is 0.227. The number of halogens is 3. The second-order valence-corrected chi connectivity index (χ2v) is 9.07. The summed E-state index contributed by atoms with van der Waals surface area (Å²) >= 11 is 0.737. The number of nitrogens with zero attached hydrogens (tertiary/aromatic N) is 1. The summed E-state index contributed by atoms with van der Waals surface area (Å²) in [6.07, 6.45) is -5.94. The lowest BCUT2D eigenvalue weighted by Gasteiger charge is -2.15. The SMILES string of the molecule is CC(OC(=O)c1ccccc1Sc1ccc(C(F)(F)F)cc1[N+](=O)[O-])C(=O)NCc1ccc2c(c1)OCO2. The van der Waals surface area contributed by atoms with Crippen LogP contribution in [0.15, 0.2) is 70.5 Å². The van der Waals surface area contributed by atoms with Gasteiger partial charge >= 0.3 is 12.1 Å². The summed E-state index contributed by atoms with van der Waals surface area (Å²) < 4.78 is 54.9. The Bertz CT molecular complexity index is 1400. The van der Waals surface area contributed by atoms with Crippen LogP contribution in [0, 0.1) is 10.1 Å². The molecule has 0 spiro atoms. The van der Waals surface area contributed by atoms with E-state index < -0.39 is 40.3 Å². The molecule has 4 rings (SSSR count). The Hall–Kier alpha value is -4.26. The highest BCUT2D eigenvalue weighted by atomic mass is 32.2. The Morgan fingerprint density at radius 2 is 1.82 bits per heavy atom. The van der Waals surface area contributed by atoms with Crippen molar-refractivity contribution in [3.8, 4) is 11.5 Å². The third-order valence-corrected chi connectivity index (χ3v) is 6.51. The lowest BCUT2D eigenvalue weighted by atomic mass is 10.2. The van der Waals surface area contributed by atoms with Gasteiger partial charge in [-0.15, -0.1) is 0 Å². The minimum absolute atomic E-state index is 0.0119. The molecule has 0 bridgehead atoms. The van der Waals surface area contributed by atoms with Crippen molar-refractivity contribution in [1.82, 2.24) is 5.32 Å². The molecule has 198 valence electrons. The number of hydrogen-bond donors (Lipinski definition) is 1. The van der Waals surface area contributed by atoms with Crippen LogP contribution in [0.5, 0.6) is 11.5 Å². The molecule has 1 heterocycles. The molecule has 9 nitrogen and oxygen atoms in total. The number of alkyl halides is 3. The Morgan fingerprint density at radius 3 is 2.55 bits per heavy atom. The van der Waals surface area contributed by atoms with Crippen molar-refractivity contribution in [2.45, 2.75) is 35.5 Å². The Labute approximate surface area is 218 Å². The van der Waals surface area contributed by atoms with Crippen molar-refractivity contribution in [3.63, 3.8) is 0 Å². The van der Waals surface area contributed by atoms with Crippen LogP contribution in [0.25, 0.3) is 0 Å². The van der Waals surface area contributed by atoms with Crippen molar-refractivity contribution in [1.29, 1.82) is 0 Å². The molecule has 0 fully saturated rings. The van der Waals surface area contributed by atoms with E-state index in [1.807, 2.05) is 0 Å². The fourth-order valence-corrected chi connectivity index (χ4v) is 4.45. The minimum atomic E-state index is -4.75. The predicted molar refractivity (Wildman–Crippen MR) is 128 cm³/mol. The summed E-state index contributed by atoms with van der Waals surface area (Å²) in [6.45, 7) is 1.63. The van der Waals surface area contributed by atoms with E-state index in [9.17, 15) is 32.9 Å². The highest BCUT2D eigenvalue weighted by Crippen LogP contribution is 2.40. The lowest BCUT2D eigenvalue weighted by molar-refractivity contribution is -0.388. The van der Waals surface area contributed by atoms with E-state index in [4.69, 9.17) is 14.2 Å². The first-order valence-electron chi connectivity index (χ1n) is 11.0. The normalized spacial score (nSPS) is 13.1. The van der Waals surface area contributed by atoms with Gasteiger partial charge in [0.15, 0.2) is 17.6 Å². The smallest absolute Gasteiger partial charge is 0.416 e. The molecule has 1 amide bonds. The monoisotopic (exact) mass is 548 g/mol. The zero-order chi connectivity index (χ0) is 27.4. The number of amides is 1. The molecular weight excluding hydrogens is 529 g/mol. The fraction of sp³-hybridized carbons (Fsp3) is 0.200. The number of nitro benzene ring substituents is 1. The predicted octanol–water partition coefficient (Wildman–Crippen LogP) is 5.36. The summed E-state index contributed by atoms with van der Waals surface area (Å²) in [5.41, 5.74) is -1.20. The molecule has 1 aliphatic heterocycles. The van der Waals surface area contributed by atoms with E-state index in [0.717, 1.165) is 29.5 Å². The van der Waals surface area contributed by atoms with Crippen LogP contribution in [0.4, 0.5) is 18.9 Å². The van der Waals surface area contributed by atoms with Gasteiger partial charge in [-0.25, -0.2) is 4.79 Å². The van der Waals surface area contributed by atoms with Gasteiger partial charge in [0.2, 0.25) is 6.79 Å². The van der Waals surface area contributed by atoms with Crippen molar-refractivity contribution in [3.05, 3.63) is 87.5 Å². The summed E-state index contributed by atoms with van der Waals surface area (Å²) in [6, 6.07) is 13.2. The summed E-state index contributed by atoms with van der Waals surface area (Å²) in [5.74, 6) is -0.299. The number of carbonyl (C=O) groups excluding carboxylic acids is 2. The van der Waals surface area contributed by atoms with Crippen LogP contribution >= 0.6 is 11.8 Å². The Morgan fingerprint density at radius 1 is 1.08 bits per heavy atom. The maximum atomic E-state index is 13.0. The number of rotatable bonds is 8. The molecule has 0 aromatic heterocycles. The summed E-state index contributed by atoms with van der Waals surface area (Å²) in [7, 11) is 0. The second-order valence-electron chi connectivity index (χ2n) is 7.99. The maximum Gasteiger partial charge on any atom is 0.416 e. The van der Waals surface area contributed by atoms with Gasteiger partial charge in [0.25, 0.3) is 11.6 Å². The highest BCUT2D eigenvalue weighted by molar-refractivity contribution is 7.99. The molecule has 3 aromatic rings. The molecule has 0 saturated heterocycles. The first kappa shape index (κ1) is 26.8. The van der Waals surface area contributed by atoms with Crippen molar-refractivity contribution >= 4 is 29.3 Å².